The van der Waals surface area contributed by atoms with Crippen molar-refractivity contribution in [3.63, 3.8) is 0 Å². The lowest BCUT2D eigenvalue weighted by atomic mass is 10.1. The third kappa shape index (κ3) is 4.51. The first-order chi connectivity index (χ1) is 13.8. The van der Waals surface area contributed by atoms with Gasteiger partial charge < -0.3 is 4.90 Å². The number of thiazole rings is 1. The van der Waals surface area contributed by atoms with Gasteiger partial charge >= 0.3 is 0 Å². The van der Waals surface area contributed by atoms with Gasteiger partial charge in [0.2, 0.25) is 0 Å². The first kappa shape index (κ1) is 21.5. The number of rotatable bonds is 8. The summed E-state index contributed by atoms with van der Waals surface area (Å²) in [6.07, 6.45) is 1.70. The molecule has 0 unspecified atom stereocenters. The molecule has 7 heteroatoms. The van der Waals surface area contributed by atoms with Gasteiger partial charge in [0.1, 0.15) is 5.69 Å². The van der Waals surface area contributed by atoms with E-state index >= 15 is 0 Å². The Bertz CT molecular complexity index is 986. The van der Waals surface area contributed by atoms with Crippen molar-refractivity contribution in [2.75, 3.05) is 31.1 Å². The summed E-state index contributed by atoms with van der Waals surface area (Å²) in [5.74, 6) is -0.0446. The maximum atomic E-state index is 13.6. The Morgan fingerprint density at radius 1 is 1.17 bits per heavy atom. The Labute approximate surface area is 177 Å². The smallest absolute Gasteiger partial charge is 0.278 e. The number of aromatic nitrogens is 3. The van der Waals surface area contributed by atoms with Crippen LogP contribution >= 0.6 is 11.3 Å². The molecule has 0 saturated carbocycles. The molecule has 2 heterocycles. The van der Waals surface area contributed by atoms with E-state index in [4.69, 9.17) is 4.98 Å². The molecule has 0 radical (unpaired) electrons. The summed E-state index contributed by atoms with van der Waals surface area (Å²) in [5, 5.41) is 5.10. The van der Waals surface area contributed by atoms with Crippen molar-refractivity contribution in [2.24, 2.45) is 0 Å². The van der Waals surface area contributed by atoms with Crippen LogP contribution in [0.4, 0.5) is 5.13 Å². The lowest BCUT2D eigenvalue weighted by Crippen LogP contribution is -2.39. The second-order valence-electron chi connectivity index (χ2n) is 7.66. The molecular weight excluding hydrogens is 382 g/mol. The number of fused-ring (bicyclic) bond motifs is 1. The number of hydrogen-bond acceptors (Lipinski definition) is 5. The molecule has 156 valence electrons. The van der Waals surface area contributed by atoms with Gasteiger partial charge in [-0.25, -0.2) is 4.98 Å². The van der Waals surface area contributed by atoms with Crippen molar-refractivity contribution in [3.8, 4) is 0 Å². The third-order valence-corrected chi connectivity index (χ3v) is 6.43. The molecule has 3 rings (SSSR count). The van der Waals surface area contributed by atoms with Gasteiger partial charge in [-0.1, -0.05) is 31.3 Å². The minimum absolute atomic E-state index is 0.0446. The van der Waals surface area contributed by atoms with Crippen LogP contribution in [0.15, 0.2) is 24.4 Å². The number of likely N-dealkylation sites (N-methyl/N-ethyl adjacent to an activating group) is 1. The fourth-order valence-corrected chi connectivity index (χ4v) is 4.62. The van der Waals surface area contributed by atoms with Crippen molar-refractivity contribution < 1.29 is 4.79 Å². The zero-order valence-corrected chi connectivity index (χ0v) is 19.1. The molecule has 2 aromatic heterocycles. The van der Waals surface area contributed by atoms with Crippen molar-refractivity contribution >= 4 is 32.6 Å². The molecule has 0 aliphatic heterocycles. The van der Waals surface area contributed by atoms with Gasteiger partial charge in [-0.2, -0.15) is 5.10 Å². The minimum atomic E-state index is -0.0446. The van der Waals surface area contributed by atoms with E-state index in [0.29, 0.717) is 12.2 Å². The van der Waals surface area contributed by atoms with E-state index in [1.54, 1.807) is 28.3 Å². The summed E-state index contributed by atoms with van der Waals surface area (Å²) in [6, 6.07) is 6.18. The van der Waals surface area contributed by atoms with Crippen LogP contribution in [0, 0.1) is 13.8 Å². The van der Waals surface area contributed by atoms with Crippen molar-refractivity contribution in [3.05, 3.63) is 41.2 Å². The number of nitrogens with zero attached hydrogens (tertiary/aromatic N) is 5. The molecule has 0 N–H and O–H groups in total. The molecule has 0 bridgehead atoms. The van der Waals surface area contributed by atoms with E-state index < -0.39 is 0 Å². The molecule has 1 amide bonds. The number of carbonyl (C=O) groups is 1. The van der Waals surface area contributed by atoms with Crippen molar-refractivity contribution in [1.29, 1.82) is 0 Å². The standard InChI is InChI=1S/C22H31N5OS/c1-7-25(8-2)11-12-26(21(28)19-9-10-23-27(19)15(3)4)22-24-18-14-16(5)13-17(6)20(18)29-22/h9-10,13-15H,7-8,11-12H2,1-6H3. The van der Waals surface area contributed by atoms with Gasteiger partial charge in [-0.3, -0.25) is 14.4 Å². The second-order valence-corrected chi connectivity index (χ2v) is 8.64. The summed E-state index contributed by atoms with van der Waals surface area (Å²) >= 11 is 1.59. The number of hydrogen-bond donors (Lipinski definition) is 0. The fraction of sp³-hybridized carbons (Fsp3) is 0.500. The Balaban J connectivity index is 2.02. The Morgan fingerprint density at radius 2 is 1.90 bits per heavy atom. The van der Waals surface area contributed by atoms with Crippen LogP contribution in [0.25, 0.3) is 10.2 Å². The molecule has 0 aliphatic rings. The molecular formula is C22H31N5OS. The average molecular weight is 414 g/mol. The van der Waals surface area contributed by atoms with Crippen molar-refractivity contribution in [1.82, 2.24) is 19.7 Å². The largest absolute Gasteiger partial charge is 0.302 e. The first-order valence-electron chi connectivity index (χ1n) is 10.3. The normalized spacial score (nSPS) is 11.7. The van der Waals surface area contributed by atoms with E-state index in [1.807, 2.05) is 18.7 Å². The lowest BCUT2D eigenvalue weighted by molar-refractivity contribution is 0.0971. The number of amides is 1. The Morgan fingerprint density at radius 3 is 2.55 bits per heavy atom. The Hall–Kier alpha value is -2.25. The van der Waals surface area contributed by atoms with E-state index in [1.165, 1.54) is 11.1 Å². The van der Waals surface area contributed by atoms with Crippen molar-refractivity contribution in [2.45, 2.75) is 47.6 Å². The molecule has 3 aromatic rings. The van der Waals surface area contributed by atoms with Crippen LogP contribution < -0.4 is 4.90 Å². The third-order valence-electron chi connectivity index (χ3n) is 5.20. The molecule has 0 atom stereocenters. The van der Waals surface area contributed by atoms with Gasteiger partial charge in [0.05, 0.1) is 10.2 Å². The van der Waals surface area contributed by atoms with Crippen LogP contribution in [0.5, 0.6) is 0 Å². The number of aryl methyl sites for hydroxylation is 2. The van der Waals surface area contributed by atoms with Gasteiger partial charge in [-0.05, 0) is 64.0 Å². The van der Waals surface area contributed by atoms with E-state index in [9.17, 15) is 4.79 Å². The predicted octanol–water partition coefficient (Wildman–Crippen LogP) is 4.68. The highest BCUT2D eigenvalue weighted by molar-refractivity contribution is 7.22. The van der Waals surface area contributed by atoms with E-state index in [2.05, 4.69) is 49.8 Å². The van der Waals surface area contributed by atoms with Crippen LogP contribution in [0.3, 0.4) is 0 Å². The number of anilines is 1. The molecule has 0 fully saturated rings. The number of benzene rings is 1. The van der Waals surface area contributed by atoms with Gasteiger partial charge in [-0.15, -0.1) is 0 Å². The van der Waals surface area contributed by atoms with E-state index in [0.717, 1.165) is 35.0 Å². The predicted molar refractivity (Wildman–Crippen MR) is 121 cm³/mol. The zero-order valence-electron chi connectivity index (χ0n) is 18.3. The van der Waals surface area contributed by atoms with Crippen LogP contribution in [-0.2, 0) is 0 Å². The summed E-state index contributed by atoms with van der Waals surface area (Å²) in [4.78, 5) is 22.6. The van der Waals surface area contributed by atoms with Crippen LogP contribution in [-0.4, -0.2) is 51.8 Å². The van der Waals surface area contributed by atoms with Crippen LogP contribution in [0.1, 0.15) is 55.4 Å². The highest BCUT2D eigenvalue weighted by Gasteiger charge is 2.25. The van der Waals surface area contributed by atoms with Crippen LogP contribution in [0.2, 0.25) is 0 Å². The van der Waals surface area contributed by atoms with Gasteiger partial charge in [0.25, 0.3) is 5.91 Å². The lowest BCUT2D eigenvalue weighted by Gasteiger charge is -2.25. The molecule has 0 saturated heterocycles. The maximum Gasteiger partial charge on any atom is 0.278 e. The molecule has 0 aliphatic carbocycles. The zero-order chi connectivity index (χ0) is 21.1. The highest BCUT2D eigenvalue weighted by atomic mass is 32.1. The minimum Gasteiger partial charge on any atom is -0.302 e. The summed E-state index contributed by atoms with van der Waals surface area (Å²) in [7, 11) is 0. The summed E-state index contributed by atoms with van der Waals surface area (Å²) < 4.78 is 2.93. The fourth-order valence-electron chi connectivity index (χ4n) is 3.58. The SMILES string of the molecule is CCN(CC)CCN(C(=O)c1ccnn1C(C)C)c1nc2cc(C)cc(C)c2s1. The topological polar surface area (TPSA) is 54.3 Å². The van der Waals surface area contributed by atoms with E-state index in [-0.39, 0.29) is 11.9 Å². The molecule has 6 nitrogen and oxygen atoms in total. The highest BCUT2D eigenvalue weighted by Crippen LogP contribution is 2.33. The van der Waals surface area contributed by atoms with Gasteiger partial charge in [0, 0.05) is 25.3 Å². The molecule has 29 heavy (non-hydrogen) atoms. The summed E-state index contributed by atoms with van der Waals surface area (Å²) in [5.41, 5.74) is 3.95. The Kier molecular flexibility index (Phi) is 6.70. The first-order valence-corrected chi connectivity index (χ1v) is 11.1. The van der Waals surface area contributed by atoms with Gasteiger partial charge in [0.15, 0.2) is 5.13 Å². The monoisotopic (exact) mass is 413 g/mol. The second kappa shape index (κ2) is 9.05. The molecule has 0 spiro atoms. The quantitative estimate of drug-likeness (QED) is 0.538. The maximum absolute atomic E-state index is 13.6. The number of carbonyl (C=O) groups excluding carboxylic acids is 1. The molecule has 1 aromatic carbocycles. The summed E-state index contributed by atoms with van der Waals surface area (Å²) in [6.45, 7) is 15.9. The average Bonchev–Trinajstić information content (AvgIpc) is 3.32.